The lowest BCUT2D eigenvalue weighted by molar-refractivity contribution is 0.0304. The Labute approximate surface area is 114 Å². The molecule has 0 bridgehead atoms. The fraction of sp³-hybridized carbons (Fsp3) is 0.600. The van der Waals surface area contributed by atoms with Crippen molar-refractivity contribution in [1.82, 2.24) is 5.32 Å². The van der Waals surface area contributed by atoms with Gasteiger partial charge in [0.05, 0.1) is 12.1 Å². The van der Waals surface area contributed by atoms with Crippen LogP contribution < -0.4 is 5.32 Å². The van der Waals surface area contributed by atoms with Crippen molar-refractivity contribution in [2.75, 3.05) is 13.2 Å². The van der Waals surface area contributed by atoms with E-state index in [0.717, 1.165) is 25.5 Å². The summed E-state index contributed by atoms with van der Waals surface area (Å²) in [5, 5.41) is 3.26. The molecule has 0 saturated heterocycles. The first kappa shape index (κ1) is 16.1. The van der Waals surface area contributed by atoms with E-state index in [1.165, 1.54) is 12.1 Å². The highest BCUT2D eigenvalue weighted by molar-refractivity contribution is 5.23. The van der Waals surface area contributed by atoms with E-state index in [1.54, 1.807) is 0 Å². The van der Waals surface area contributed by atoms with Gasteiger partial charge < -0.3 is 10.1 Å². The monoisotopic (exact) mass is 271 g/mol. The Hall–Kier alpha value is -1.00. The Morgan fingerprint density at radius 3 is 2.53 bits per heavy atom. The normalized spacial score (nSPS) is 14.4. The van der Waals surface area contributed by atoms with E-state index in [-0.39, 0.29) is 12.1 Å². The molecule has 0 fully saturated rings. The molecule has 19 heavy (non-hydrogen) atoms. The maximum Gasteiger partial charge on any atom is 0.128 e. The molecular weight excluding hydrogens is 248 g/mol. The molecule has 1 aromatic rings. The number of rotatable bonds is 8. The summed E-state index contributed by atoms with van der Waals surface area (Å²) in [5.74, 6) is -0.820. The van der Waals surface area contributed by atoms with Crippen LogP contribution in [0.25, 0.3) is 0 Å². The molecule has 1 N–H and O–H groups in total. The van der Waals surface area contributed by atoms with Crippen molar-refractivity contribution in [1.29, 1.82) is 0 Å². The highest BCUT2D eigenvalue weighted by atomic mass is 19.1. The largest absolute Gasteiger partial charge is 0.377 e. The van der Waals surface area contributed by atoms with Crippen molar-refractivity contribution in [2.24, 2.45) is 0 Å². The summed E-state index contributed by atoms with van der Waals surface area (Å²) in [6.45, 7) is 7.22. The summed E-state index contributed by atoms with van der Waals surface area (Å²) in [6, 6.07) is 3.24. The van der Waals surface area contributed by atoms with Gasteiger partial charge in [-0.1, -0.05) is 13.8 Å². The lowest BCUT2D eigenvalue weighted by Gasteiger charge is -2.28. The molecule has 0 spiro atoms. The zero-order valence-electron chi connectivity index (χ0n) is 11.9. The fourth-order valence-electron chi connectivity index (χ4n) is 2.16. The van der Waals surface area contributed by atoms with Gasteiger partial charge in [0, 0.05) is 12.2 Å². The number of nitrogens with one attached hydrogen (secondary N) is 1. The number of halogens is 2. The first-order valence-electron chi connectivity index (χ1n) is 6.93. The molecule has 0 aliphatic heterocycles. The third-order valence-corrected chi connectivity index (χ3v) is 3.06. The Morgan fingerprint density at radius 2 is 1.95 bits per heavy atom. The van der Waals surface area contributed by atoms with E-state index < -0.39 is 11.6 Å². The van der Waals surface area contributed by atoms with Gasteiger partial charge in [-0.15, -0.1) is 0 Å². The van der Waals surface area contributed by atoms with Crippen LogP contribution in [0.1, 0.15) is 45.2 Å². The van der Waals surface area contributed by atoms with Gasteiger partial charge in [-0.2, -0.15) is 0 Å². The number of hydrogen-bond donors (Lipinski definition) is 1. The lowest BCUT2D eigenvalue weighted by Crippen LogP contribution is -2.35. The Kier molecular flexibility index (Phi) is 6.95. The maximum absolute atomic E-state index is 13.9. The van der Waals surface area contributed by atoms with E-state index in [0.29, 0.717) is 12.2 Å². The van der Waals surface area contributed by atoms with Gasteiger partial charge in [0.25, 0.3) is 0 Å². The number of hydrogen-bond acceptors (Lipinski definition) is 2. The average Bonchev–Trinajstić information content (AvgIpc) is 2.41. The summed E-state index contributed by atoms with van der Waals surface area (Å²) in [5.41, 5.74) is 0.341. The smallest absolute Gasteiger partial charge is 0.128 e. The minimum atomic E-state index is -0.425. The summed E-state index contributed by atoms with van der Waals surface area (Å²) < 4.78 is 32.9. The van der Waals surface area contributed by atoms with E-state index in [2.05, 4.69) is 5.32 Å². The van der Waals surface area contributed by atoms with Crippen molar-refractivity contribution in [3.63, 3.8) is 0 Å². The molecule has 2 unspecified atom stereocenters. The second kappa shape index (κ2) is 8.23. The molecule has 1 aromatic carbocycles. The number of benzene rings is 1. The van der Waals surface area contributed by atoms with E-state index >= 15 is 0 Å². The van der Waals surface area contributed by atoms with Crippen molar-refractivity contribution in [3.8, 4) is 0 Å². The standard InChI is InChI=1S/C15H23F2NO/c1-4-9-18-15(14(5-2)19-6-3)12-10-11(16)7-8-13(12)17/h7-8,10,14-15,18H,4-6,9H2,1-3H3. The molecule has 0 aliphatic rings. The minimum Gasteiger partial charge on any atom is -0.377 e. The second-order valence-corrected chi connectivity index (χ2v) is 4.50. The summed E-state index contributed by atoms with van der Waals surface area (Å²) in [6.07, 6.45) is 1.51. The van der Waals surface area contributed by atoms with Gasteiger partial charge in [0.15, 0.2) is 0 Å². The third-order valence-electron chi connectivity index (χ3n) is 3.06. The third kappa shape index (κ3) is 4.55. The SMILES string of the molecule is CCCNC(c1cc(F)ccc1F)C(CC)OCC. The first-order chi connectivity index (χ1) is 9.13. The van der Waals surface area contributed by atoms with E-state index in [1.807, 2.05) is 20.8 Å². The Morgan fingerprint density at radius 1 is 1.21 bits per heavy atom. The molecule has 0 amide bonds. The molecule has 2 atom stereocenters. The first-order valence-corrected chi connectivity index (χ1v) is 6.93. The zero-order valence-corrected chi connectivity index (χ0v) is 11.9. The van der Waals surface area contributed by atoms with Gasteiger partial charge >= 0.3 is 0 Å². The fourth-order valence-corrected chi connectivity index (χ4v) is 2.16. The highest BCUT2D eigenvalue weighted by Gasteiger charge is 2.24. The summed E-state index contributed by atoms with van der Waals surface area (Å²) >= 11 is 0. The Bertz CT molecular complexity index is 384. The van der Waals surface area contributed by atoms with Crippen LogP contribution >= 0.6 is 0 Å². The molecule has 4 heteroatoms. The van der Waals surface area contributed by atoms with Crippen LogP contribution in [0.5, 0.6) is 0 Å². The van der Waals surface area contributed by atoms with Crippen LogP contribution in [0.15, 0.2) is 18.2 Å². The highest BCUT2D eigenvalue weighted by Crippen LogP contribution is 2.25. The van der Waals surface area contributed by atoms with Crippen molar-refractivity contribution in [2.45, 2.75) is 45.8 Å². The van der Waals surface area contributed by atoms with Crippen molar-refractivity contribution >= 4 is 0 Å². The van der Waals surface area contributed by atoms with Gasteiger partial charge in [0.2, 0.25) is 0 Å². The molecule has 1 rings (SSSR count). The summed E-state index contributed by atoms with van der Waals surface area (Å²) in [7, 11) is 0. The molecule has 0 heterocycles. The van der Waals surface area contributed by atoms with Gasteiger partial charge in [-0.05, 0) is 44.5 Å². The zero-order chi connectivity index (χ0) is 14.3. The van der Waals surface area contributed by atoms with Gasteiger partial charge in [-0.3, -0.25) is 0 Å². The van der Waals surface area contributed by atoms with Crippen molar-refractivity contribution < 1.29 is 13.5 Å². The molecule has 0 radical (unpaired) electrons. The van der Waals surface area contributed by atoms with Crippen LogP contribution in [0.2, 0.25) is 0 Å². The average molecular weight is 271 g/mol. The summed E-state index contributed by atoms with van der Waals surface area (Å²) in [4.78, 5) is 0. The molecule has 0 aromatic heterocycles. The molecule has 108 valence electrons. The topological polar surface area (TPSA) is 21.3 Å². The molecule has 0 aliphatic carbocycles. The quantitative estimate of drug-likeness (QED) is 0.776. The predicted molar refractivity (Wildman–Crippen MR) is 73.1 cm³/mol. The van der Waals surface area contributed by atoms with Crippen molar-refractivity contribution in [3.05, 3.63) is 35.4 Å². The molecule has 0 saturated carbocycles. The van der Waals surface area contributed by atoms with Crippen LogP contribution in [0.3, 0.4) is 0 Å². The van der Waals surface area contributed by atoms with E-state index in [9.17, 15) is 8.78 Å². The predicted octanol–water partition coefficient (Wildman–Crippen LogP) is 3.82. The van der Waals surface area contributed by atoms with E-state index in [4.69, 9.17) is 4.74 Å². The maximum atomic E-state index is 13.9. The van der Waals surface area contributed by atoms with Crippen LogP contribution in [0.4, 0.5) is 8.78 Å². The van der Waals surface area contributed by atoms with Crippen LogP contribution in [0, 0.1) is 11.6 Å². The molecule has 2 nitrogen and oxygen atoms in total. The minimum absolute atomic E-state index is 0.159. The van der Waals surface area contributed by atoms with Gasteiger partial charge in [-0.25, -0.2) is 8.78 Å². The van der Waals surface area contributed by atoms with Gasteiger partial charge in [0.1, 0.15) is 11.6 Å². The van der Waals surface area contributed by atoms with Crippen LogP contribution in [-0.2, 0) is 4.74 Å². The lowest BCUT2D eigenvalue weighted by atomic mass is 9.98. The number of ether oxygens (including phenoxy) is 1. The second-order valence-electron chi connectivity index (χ2n) is 4.50. The Balaban J connectivity index is 3.03. The van der Waals surface area contributed by atoms with Crippen LogP contribution in [-0.4, -0.2) is 19.3 Å². The molecular formula is C15H23F2NO.